The molecule has 0 radical (unpaired) electrons. The van der Waals surface area contributed by atoms with Crippen molar-refractivity contribution in [3.8, 4) is 5.75 Å². The van der Waals surface area contributed by atoms with Gasteiger partial charge in [0.15, 0.2) is 0 Å². The van der Waals surface area contributed by atoms with E-state index in [1.54, 1.807) is 7.11 Å². The van der Waals surface area contributed by atoms with Crippen LogP contribution in [0.5, 0.6) is 5.75 Å². The summed E-state index contributed by atoms with van der Waals surface area (Å²) in [7, 11) is 3.50. The van der Waals surface area contributed by atoms with Crippen LogP contribution in [0.1, 0.15) is 5.82 Å². The number of benzene rings is 1. The van der Waals surface area contributed by atoms with Gasteiger partial charge in [0.25, 0.3) is 0 Å². The molecule has 0 fully saturated rings. The van der Waals surface area contributed by atoms with E-state index in [4.69, 9.17) is 4.74 Å². The Balaban J connectivity index is 2.72. The first-order valence-corrected chi connectivity index (χ1v) is 4.74. The predicted molar refractivity (Wildman–Crippen MR) is 60.4 cm³/mol. The number of ether oxygens (including phenoxy) is 1. The summed E-state index contributed by atoms with van der Waals surface area (Å²) < 4.78 is 5.15. The molecule has 0 saturated carbocycles. The number of hydrogen-bond acceptors (Lipinski definition) is 4. The topological polar surface area (TPSA) is 47.0 Å². The van der Waals surface area contributed by atoms with Gasteiger partial charge in [-0.25, -0.2) is 9.97 Å². The molecule has 2 aromatic rings. The molecule has 4 heteroatoms. The minimum atomic E-state index is 0.750. The number of aromatic nitrogens is 2. The molecule has 2 rings (SSSR count). The summed E-state index contributed by atoms with van der Waals surface area (Å²) in [6.07, 6.45) is 0. The minimum absolute atomic E-state index is 0.750. The maximum atomic E-state index is 5.15. The van der Waals surface area contributed by atoms with Gasteiger partial charge in [-0.05, 0) is 19.1 Å². The lowest BCUT2D eigenvalue weighted by Crippen LogP contribution is -1.98. The molecule has 78 valence electrons. The van der Waals surface area contributed by atoms with Crippen molar-refractivity contribution in [2.75, 3.05) is 19.5 Å². The normalized spacial score (nSPS) is 10.3. The van der Waals surface area contributed by atoms with Crippen molar-refractivity contribution in [3.05, 3.63) is 24.0 Å². The zero-order chi connectivity index (χ0) is 10.8. The Hall–Kier alpha value is -1.84. The molecule has 0 unspecified atom stereocenters. The molecule has 1 heterocycles. The number of hydrogen-bond donors (Lipinski definition) is 1. The van der Waals surface area contributed by atoms with Crippen LogP contribution in [0.15, 0.2) is 18.2 Å². The van der Waals surface area contributed by atoms with E-state index in [1.807, 2.05) is 32.2 Å². The second-order valence-electron chi connectivity index (χ2n) is 3.25. The lowest BCUT2D eigenvalue weighted by molar-refractivity contribution is 0.415. The molecule has 0 saturated heterocycles. The largest absolute Gasteiger partial charge is 0.497 e. The summed E-state index contributed by atoms with van der Waals surface area (Å²) in [6.45, 7) is 1.87. The standard InChI is InChI=1S/C11H13N3O/c1-7-13-10-6-8(15-3)4-5-9(10)11(12-2)14-7/h4-6H,1-3H3,(H,12,13,14). The number of methoxy groups -OCH3 is 1. The fourth-order valence-corrected chi connectivity index (χ4v) is 1.54. The molecule has 0 aliphatic rings. The zero-order valence-corrected chi connectivity index (χ0v) is 9.03. The molecular weight excluding hydrogens is 190 g/mol. The fourth-order valence-electron chi connectivity index (χ4n) is 1.54. The smallest absolute Gasteiger partial charge is 0.137 e. The van der Waals surface area contributed by atoms with Gasteiger partial charge in [-0.1, -0.05) is 0 Å². The Labute approximate surface area is 88.3 Å². The number of anilines is 1. The third-order valence-electron chi connectivity index (χ3n) is 2.25. The number of nitrogens with zero attached hydrogens (tertiary/aromatic N) is 2. The summed E-state index contributed by atoms with van der Waals surface area (Å²) in [5.74, 6) is 2.41. The third-order valence-corrected chi connectivity index (χ3v) is 2.25. The van der Waals surface area contributed by atoms with E-state index in [1.165, 1.54) is 0 Å². The predicted octanol–water partition coefficient (Wildman–Crippen LogP) is 1.99. The highest BCUT2D eigenvalue weighted by molar-refractivity contribution is 5.89. The number of aryl methyl sites for hydroxylation is 1. The summed E-state index contributed by atoms with van der Waals surface area (Å²) >= 11 is 0. The minimum Gasteiger partial charge on any atom is -0.497 e. The van der Waals surface area contributed by atoms with Gasteiger partial charge in [0.05, 0.1) is 12.6 Å². The average molecular weight is 203 g/mol. The molecule has 15 heavy (non-hydrogen) atoms. The van der Waals surface area contributed by atoms with Gasteiger partial charge in [0.1, 0.15) is 17.4 Å². The van der Waals surface area contributed by atoms with E-state index < -0.39 is 0 Å². The first-order valence-electron chi connectivity index (χ1n) is 4.74. The molecule has 1 N–H and O–H groups in total. The van der Waals surface area contributed by atoms with E-state index in [0.717, 1.165) is 28.3 Å². The summed E-state index contributed by atoms with van der Waals surface area (Å²) in [6, 6.07) is 5.77. The van der Waals surface area contributed by atoms with Crippen LogP contribution >= 0.6 is 0 Å². The van der Waals surface area contributed by atoms with Crippen molar-refractivity contribution in [1.29, 1.82) is 0 Å². The van der Waals surface area contributed by atoms with Gasteiger partial charge in [0, 0.05) is 18.5 Å². The molecule has 0 bridgehead atoms. The van der Waals surface area contributed by atoms with Crippen LogP contribution in [-0.4, -0.2) is 24.1 Å². The van der Waals surface area contributed by atoms with Crippen molar-refractivity contribution < 1.29 is 4.74 Å². The first-order chi connectivity index (χ1) is 7.24. The molecule has 0 aliphatic heterocycles. The van der Waals surface area contributed by atoms with Crippen molar-refractivity contribution in [1.82, 2.24) is 9.97 Å². The van der Waals surface area contributed by atoms with Gasteiger partial charge in [-0.3, -0.25) is 0 Å². The van der Waals surface area contributed by atoms with Crippen LogP contribution in [-0.2, 0) is 0 Å². The highest BCUT2D eigenvalue weighted by atomic mass is 16.5. The highest BCUT2D eigenvalue weighted by Crippen LogP contribution is 2.23. The quantitative estimate of drug-likeness (QED) is 0.810. The second kappa shape index (κ2) is 3.73. The number of rotatable bonds is 2. The Morgan fingerprint density at radius 3 is 2.73 bits per heavy atom. The summed E-state index contributed by atoms with van der Waals surface area (Å²) in [5, 5.41) is 4.06. The fraction of sp³-hybridized carbons (Fsp3) is 0.273. The van der Waals surface area contributed by atoms with Gasteiger partial charge < -0.3 is 10.1 Å². The lowest BCUT2D eigenvalue weighted by Gasteiger charge is -2.07. The molecule has 1 aromatic heterocycles. The Kier molecular flexibility index (Phi) is 2.41. The maximum Gasteiger partial charge on any atom is 0.137 e. The molecule has 0 aliphatic carbocycles. The van der Waals surface area contributed by atoms with Crippen molar-refractivity contribution >= 4 is 16.7 Å². The van der Waals surface area contributed by atoms with Gasteiger partial charge >= 0.3 is 0 Å². The highest BCUT2D eigenvalue weighted by Gasteiger charge is 2.04. The Morgan fingerprint density at radius 1 is 1.27 bits per heavy atom. The SMILES string of the molecule is CNc1nc(C)nc2cc(OC)ccc12. The van der Waals surface area contributed by atoms with E-state index in [2.05, 4.69) is 15.3 Å². The second-order valence-corrected chi connectivity index (χ2v) is 3.25. The Bertz CT molecular complexity index is 496. The third kappa shape index (κ3) is 1.70. The molecular formula is C11H13N3O. The Morgan fingerprint density at radius 2 is 2.07 bits per heavy atom. The van der Waals surface area contributed by atoms with E-state index in [-0.39, 0.29) is 0 Å². The first kappa shape index (κ1) is 9.71. The lowest BCUT2D eigenvalue weighted by atomic mass is 10.2. The molecule has 0 atom stereocenters. The van der Waals surface area contributed by atoms with Crippen LogP contribution in [0.3, 0.4) is 0 Å². The van der Waals surface area contributed by atoms with Crippen LogP contribution in [0.2, 0.25) is 0 Å². The molecule has 1 aromatic carbocycles. The van der Waals surface area contributed by atoms with Crippen LogP contribution in [0.4, 0.5) is 5.82 Å². The molecule has 0 spiro atoms. The van der Waals surface area contributed by atoms with Crippen LogP contribution in [0, 0.1) is 6.92 Å². The summed E-state index contributed by atoms with van der Waals surface area (Å²) in [5.41, 5.74) is 0.895. The molecule has 0 amide bonds. The zero-order valence-electron chi connectivity index (χ0n) is 9.03. The van der Waals surface area contributed by atoms with Crippen molar-refractivity contribution in [3.63, 3.8) is 0 Å². The van der Waals surface area contributed by atoms with E-state index in [0.29, 0.717) is 0 Å². The van der Waals surface area contributed by atoms with Crippen LogP contribution < -0.4 is 10.1 Å². The molecule has 4 nitrogen and oxygen atoms in total. The van der Waals surface area contributed by atoms with Crippen molar-refractivity contribution in [2.45, 2.75) is 6.92 Å². The van der Waals surface area contributed by atoms with Gasteiger partial charge in [-0.15, -0.1) is 0 Å². The number of fused-ring (bicyclic) bond motifs is 1. The average Bonchev–Trinajstić information content (AvgIpc) is 2.26. The van der Waals surface area contributed by atoms with Gasteiger partial charge in [0.2, 0.25) is 0 Å². The van der Waals surface area contributed by atoms with Crippen LogP contribution in [0.25, 0.3) is 10.9 Å². The maximum absolute atomic E-state index is 5.15. The van der Waals surface area contributed by atoms with Gasteiger partial charge in [-0.2, -0.15) is 0 Å². The van der Waals surface area contributed by atoms with Crippen molar-refractivity contribution in [2.24, 2.45) is 0 Å². The summed E-state index contributed by atoms with van der Waals surface area (Å²) in [4.78, 5) is 8.67. The van der Waals surface area contributed by atoms with E-state index in [9.17, 15) is 0 Å². The van der Waals surface area contributed by atoms with E-state index >= 15 is 0 Å². The monoisotopic (exact) mass is 203 g/mol. The number of nitrogens with one attached hydrogen (secondary N) is 1.